The first-order valence-electron chi connectivity index (χ1n) is 10.7. The number of nitrogens with one attached hydrogen (secondary N) is 1. The van der Waals surface area contributed by atoms with E-state index in [0.717, 1.165) is 50.0 Å². The van der Waals surface area contributed by atoms with E-state index in [0.29, 0.717) is 0 Å². The summed E-state index contributed by atoms with van der Waals surface area (Å²) in [6.07, 6.45) is 6.01. The van der Waals surface area contributed by atoms with E-state index >= 15 is 0 Å². The molecule has 3 N–H and O–H groups in total. The highest BCUT2D eigenvalue weighted by Crippen LogP contribution is 2.37. The molecule has 2 aromatic rings. The Kier molecular flexibility index (Phi) is 7.62. The van der Waals surface area contributed by atoms with Gasteiger partial charge in [0.1, 0.15) is 17.6 Å². The first-order valence-corrected chi connectivity index (χ1v) is 10.7. The first kappa shape index (κ1) is 22.4. The summed E-state index contributed by atoms with van der Waals surface area (Å²) in [4.78, 5) is 11.8. The minimum atomic E-state index is -0.455. The summed E-state index contributed by atoms with van der Waals surface area (Å²) in [7, 11) is 0. The Morgan fingerprint density at radius 2 is 1.83 bits per heavy atom. The highest BCUT2D eigenvalue weighted by Gasteiger charge is 2.25. The number of nitrogens with two attached hydrogens (primary N) is 1. The van der Waals surface area contributed by atoms with Gasteiger partial charge >= 0.3 is 0 Å². The summed E-state index contributed by atoms with van der Waals surface area (Å²) >= 11 is 0. The Bertz CT molecular complexity index is 836. The van der Waals surface area contributed by atoms with Crippen molar-refractivity contribution in [2.24, 2.45) is 5.73 Å². The van der Waals surface area contributed by atoms with Gasteiger partial charge in [-0.3, -0.25) is 4.79 Å². The Balaban J connectivity index is 0.00000256. The summed E-state index contributed by atoms with van der Waals surface area (Å²) in [6, 6.07) is 16.3. The molecule has 2 aromatic carbocycles. The van der Waals surface area contributed by atoms with E-state index in [1.54, 1.807) is 6.92 Å². The second-order valence-electron chi connectivity index (χ2n) is 8.21. The fourth-order valence-electron chi connectivity index (χ4n) is 4.19. The number of fused-ring (bicyclic) bond motifs is 1. The quantitative estimate of drug-likeness (QED) is 0.740. The van der Waals surface area contributed by atoms with Crippen LogP contribution in [0.5, 0.6) is 11.5 Å². The molecule has 1 unspecified atom stereocenters. The number of aryl methyl sites for hydroxylation is 1. The number of hydrogen-bond donors (Lipinski definition) is 2. The maximum absolute atomic E-state index is 11.8. The molecule has 1 aliphatic heterocycles. The molecule has 1 aliphatic carbocycles. The molecule has 6 heteroatoms. The zero-order chi connectivity index (χ0) is 20.2. The lowest BCUT2D eigenvalue weighted by molar-refractivity contribution is -0.123. The molecule has 0 spiro atoms. The van der Waals surface area contributed by atoms with Crippen molar-refractivity contribution in [1.82, 2.24) is 5.32 Å². The van der Waals surface area contributed by atoms with Gasteiger partial charge in [0.25, 0.3) is 0 Å². The monoisotopic (exact) mass is 430 g/mol. The predicted molar refractivity (Wildman–Crippen MR) is 120 cm³/mol. The highest BCUT2D eigenvalue weighted by molar-refractivity contribution is 5.85. The lowest BCUT2D eigenvalue weighted by atomic mass is 9.92. The molecular weight excluding hydrogens is 400 g/mol. The van der Waals surface area contributed by atoms with Crippen LogP contribution in [0.1, 0.15) is 56.3 Å². The molecule has 1 saturated carbocycles. The number of hydrogen-bond acceptors (Lipinski definition) is 4. The van der Waals surface area contributed by atoms with Crippen LogP contribution < -0.4 is 20.5 Å². The third kappa shape index (κ3) is 5.46. The number of halogens is 1. The standard InChI is InChI=1S/C24H30N2O3.ClH/c1-16(25)24(27)26-19-8-10-20(11-9-19)28-21-12-14-23-18(15-21)7-13-22(29-23)17-5-3-2-4-6-17;/h2-6,12,14-16,19-20,22H,7-11,13,25H2,1H3,(H,26,27);1H/t16-,19-,20-,22?;/m1./s1. The van der Waals surface area contributed by atoms with E-state index in [9.17, 15) is 4.79 Å². The van der Waals surface area contributed by atoms with E-state index in [2.05, 4.69) is 35.6 Å². The highest BCUT2D eigenvalue weighted by atomic mass is 35.5. The average molecular weight is 431 g/mol. The van der Waals surface area contributed by atoms with Gasteiger partial charge in [0.05, 0.1) is 12.1 Å². The van der Waals surface area contributed by atoms with Crippen molar-refractivity contribution >= 4 is 18.3 Å². The molecule has 0 bridgehead atoms. The second kappa shape index (κ2) is 10.2. The molecule has 2 aliphatic rings. The molecule has 30 heavy (non-hydrogen) atoms. The molecule has 5 nitrogen and oxygen atoms in total. The number of carbonyl (C=O) groups is 1. The van der Waals surface area contributed by atoms with Gasteiger partial charge in [0.2, 0.25) is 5.91 Å². The summed E-state index contributed by atoms with van der Waals surface area (Å²) < 4.78 is 12.5. The van der Waals surface area contributed by atoms with Crippen molar-refractivity contribution in [2.45, 2.75) is 69.7 Å². The summed E-state index contributed by atoms with van der Waals surface area (Å²) in [6.45, 7) is 1.71. The molecule has 1 amide bonds. The van der Waals surface area contributed by atoms with Crippen molar-refractivity contribution in [3.05, 3.63) is 59.7 Å². The van der Waals surface area contributed by atoms with Crippen LogP contribution in [0.25, 0.3) is 0 Å². The average Bonchev–Trinajstić information content (AvgIpc) is 2.75. The van der Waals surface area contributed by atoms with Gasteiger partial charge < -0.3 is 20.5 Å². The molecule has 0 saturated heterocycles. The third-order valence-corrected chi connectivity index (χ3v) is 5.89. The van der Waals surface area contributed by atoms with Crippen LogP contribution in [0.15, 0.2) is 48.5 Å². The fourth-order valence-corrected chi connectivity index (χ4v) is 4.19. The van der Waals surface area contributed by atoms with Crippen LogP contribution in [0.4, 0.5) is 0 Å². The molecule has 1 fully saturated rings. The lowest BCUT2D eigenvalue weighted by Gasteiger charge is -2.31. The van der Waals surface area contributed by atoms with Crippen LogP contribution >= 0.6 is 12.4 Å². The summed E-state index contributed by atoms with van der Waals surface area (Å²) in [5, 5.41) is 3.03. The Hall–Kier alpha value is -2.24. The summed E-state index contributed by atoms with van der Waals surface area (Å²) in [5.74, 6) is 1.80. The van der Waals surface area contributed by atoms with Crippen LogP contribution in [0.2, 0.25) is 0 Å². The molecule has 1 heterocycles. The largest absolute Gasteiger partial charge is 0.490 e. The SMILES string of the molecule is C[C@@H](N)C(=O)N[C@H]1CC[C@H](Oc2ccc3c(c2)CCC(c2ccccc2)O3)CC1.Cl. The molecular formula is C24H31ClN2O3. The Morgan fingerprint density at radius 1 is 1.10 bits per heavy atom. The minimum absolute atomic E-state index is 0. The van der Waals surface area contributed by atoms with Gasteiger partial charge in [-0.2, -0.15) is 0 Å². The fraction of sp³-hybridized carbons (Fsp3) is 0.458. The van der Waals surface area contributed by atoms with Gasteiger partial charge in [-0.1, -0.05) is 30.3 Å². The maximum atomic E-state index is 11.8. The van der Waals surface area contributed by atoms with Crippen LogP contribution in [0, 0.1) is 0 Å². The molecule has 0 radical (unpaired) electrons. The smallest absolute Gasteiger partial charge is 0.236 e. The van der Waals surface area contributed by atoms with Crippen LogP contribution in [-0.4, -0.2) is 24.1 Å². The van der Waals surface area contributed by atoms with Crippen LogP contribution in [0.3, 0.4) is 0 Å². The number of benzene rings is 2. The van der Waals surface area contributed by atoms with Crippen molar-refractivity contribution < 1.29 is 14.3 Å². The van der Waals surface area contributed by atoms with Gasteiger partial charge in [-0.05, 0) is 74.8 Å². The molecule has 2 atom stereocenters. The van der Waals surface area contributed by atoms with Crippen molar-refractivity contribution in [3.8, 4) is 11.5 Å². The zero-order valence-electron chi connectivity index (χ0n) is 17.4. The van der Waals surface area contributed by atoms with Crippen LogP contribution in [-0.2, 0) is 11.2 Å². The first-order chi connectivity index (χ1) is 14.1. The predicted octanol–water partition coefficient (Wildman–Crippen LogP) is 4.33. The van der Waals surface area contributed by atoms with E-state index in [-0.39, 0.29) is 36.6 Å². The van der Waals surface area contributed by atoms with Gasteiger partial charge in [-0.15, -0.1) is 12.4 Å². The Labute approximate surface area is 184 Å². The molecule has 4 rings (SSSR count). The van der Waals surface area contributed by atoms with E-state index in [1.807, 2.05) is 18.2 Å². The van der Waals surface area contributed by atoms with Gasteiger partial charge in [-0.25, -0.2) is 0 Å². The molecule has 162 valence electrons. The van der Waals surface area contributed by atoms with Gasteiger partial charge in [0, 0.05) is 6.04 Å². The maximum Gasteiger partial charge on any atom is 0.236 e. The van der Waals surface area contributed by atoms with E-state index in [1.165, 1.54) is 11.1 Å². The normalized spacial score (nSPS) is 23.9. The zero-order valence-corrected chi connectivity index (χ0v) is 18.2. The minimum Gasteiger partial charge on any atom is -0.490 e. The second-order valence-corrected chi connectivity index (χ2v) is 8.21. The van der Waals surface area contributed by atoms with Gasteiger partial charge in [0.15, 0.2) is 0 Å². The number of rotatable bonds is 5. The van der Waals surface area contributed by atoms with Crippen molar-refractivity contribution in [2.75, 3.05) is 0 Å². The number of carbonyl (C=O) groups excluding carboxylic acids is 1. The number of ether oxygens (including phenoxy) is 2. The third-order valence-electron chi connectivity index (χ3n) is 5.89. The molecule has 0 aromatic heterocycles. The summed E-state index contributed by atoms with van der Waals surface area (Å²) in [5.41, 5.74) is 8.08. The lowest BCUT2D eigenvalue weighted by Crippen LogP contribution is -2.46. The van der Waals surface area contributed by atoms with Crippen molar-refractivity contribution in [1.29, 1.82) is 0 Å². The van der Waals surface area contributed by atoms with Crippen molar-refractivity contribution in [3.63, 3.8) is 0 Å². The topological polar surface area (TPSA) is 73.6 Å². The number of amides is 1. The van der Waals surface area contributed by atoms with E-state index in [4.69, 9.17) is 15.2 Å². The Morgan fingerprint density at radius 3 is 2.53 bits per heavy atom. The van der Waals surface area contributed by atoms with E-state index < -0.39 is 6.04 Å².